The third-order valence-electron chi connectivity index (χ3n) is 14.3. The molecule has 1 saturated heterocycles. The second-order valence-electron chi connectivity index (χ2n) is 18.0. The molecule has 2 aliphatic heterocycles. The number of hydrogen-bond acceptors (Lipinski definition) is 13. The number of esters is 5. The van der Waals surface area contributed by atoms with Gasteiger partial charge in [0.15, 0.2) is 24.6 Å². The van der Waals surface area contributed by atoms with E-state index in [-0.39, 0.29) is 47.4 Å². The summed E-state index contributed by atoms with van der Waals surface area (Å²) >= 11 is 0. The summed E-state index contributed by atoms with van der Waals surface area (Å²) < 4.78 is 41.2. The Bertz CT molecular complexity index is 1590. The van der Waals surface area contributed by atoms with E-state index < -0.39 is 54.6 Å². The fourth-order valence-electron chi connectivity index (χ4n) is 11.9. The lowest BCUT2D eigenvalue weighted by Crippen LogP contribution is -2.63. The van der Waals surface area contributed by atoms with Crippen LogP contribution in [0.15, 0.2) is 16.6 Å². The Morgan fingerprint density at radius 1 is 0.839 bits per heavy atom. The molecule has 0 spiro atoms. The van der Waals surface area contributed by atoms with Gasteiger partial charge in [0.1, 0.15) is 18.8 Å². The van der Waals surface area contributed by atoms with Crippen LogP contribution in [0.2, 0.25) is 0 Å². The maximum atomic E-state index is 12.5. The molecule has 0 aromatic heterocycles. The Hall–Kier alpha value is -3.32. The molecule has 15 atom stereocenters. The van der Waals surface area contributed by atoms with Crippen molar-refractivity contribution < 1.29 is 57.1 Å². The van der Waals surface area contributed by atoms with Gasteiger partial charge in [-0.05, 0) is 92.3 Å². The highest BCUT2D eigenvalue weighted by molar-refractivity contribution is 5.87. The summed E-state index contributed by atoms with van der Waals surface area (Å²) in [5, 5.41) is 0. The Labute approximate surface area is 331 Å². The van der Waals surface area contributed by atoms with Gasteiger partial charge < -0.3 is 33.2 Å². The number of allylic oxidation sites excluding steroid dienone is 1. The number of carbonyl (C=O) groups excluding carboxylic acids is 5. The molecule has 312 valence electrons. The topological polar surface area (TPSA) is 162 Å². The van der Waals surface area contributed by atoms with Crippen molar-refractivity contribution in [1.29, 1.82) is 0 Å². The molecule has 4 fully saturated rings. The molecule has 0 N–H and O–H groups in total. The van der Waals surface area contributed by atoms with Gasteiger partial charge in [-0.3, -0.25) is 29.0 Å². The van der Waals surface area contributed by atoms with E-state index in [2.05, 4.69) is 33.8 Å². The molecule has 0 unspecified atom stereocenters. The summed E-state index contributed by atoms with van der Waals surface area (Å²) in [6, 6.07) is 0. The quantitative estimate of drug-likeness (QED) is 0.143. The third kappa shape index (κ3) is 8.59. The molecule has 0 radical (unpaired) electrons. The van der Waals surface area contributed by atoms with Crippen molar-refractivity contribution in [2.24, 2.45) is 51.3 Å². The van der Waals surface area contributed by atoms with E-state index in [4.69, 9.17) is 38.2 Å². The normalized spacial score (nSPS) is 40.9. The second kappa shape index (κ2) is 16.9. The third-order valence-corrected chi connectivity index (χ3v) is 14.3. The van der Waals surface area contributed by atoms with Gasteiger partial charge in [-0.2, -0.15) is 0 Å². The van der Waals surface area contributed by atoms with Gasteiger partial charge in [-0.15, -0.1) is 0 Å². The van der Waals surface area contributed by atoms with Crippen LogP contribution in [0.25, 0.3) is 0 Å². The van der Waals surface area contributed by atoms with Crippen LogP contribution in [0, 0.1) is 46.3 Å². The van der Waals surface area contributed by atoms with Crippen molar-refractivity contribution in [3.8, 4) is 0 Å². The number of carbonyl (C=O) groups is 5. The van der Waals surface area contributed by atoms with E-state index in [1.807, 2.05) is 0 Å². The fourth-order valence-corrected chi connectivity index (χ4v) is 11.9. The van der Waals surface area contributed by atoms with E-state index in [0.717, 1.165) is 51.5 Å². The largest absolute Gasteiger partial charge is 0.463 e. The van der Waals surface area contributed by atoms with Gasteiger partial charge in [-0.25, -0.2) is 0 Å². The average Bonchev–Trinajstić information content (AvgIpc) is 3.40. The van der Waals surface area contributed by atoms with E-state index >= 15 is 0 Å². The Morgan fingerprint density at radius 2 is 1.50 bits per heavy atom. The zero-order valence-electron chi connectivity index (χ0n) is 34.7. The van der Waals surface area contributed by atoms with Crippen LogP contribution in [-0.2, 0) is 57.1 Å². The lowest BCUT2D eigenvalue weighted by molar-refractivity contribution is -0.318. The summed E-state index contributed by atoms with van der Waals surface area (Å²) in [7, 11) is 0. The predicted molar refractivity (Wildman–Crippen MR) is 203 cm³/mol. The van der Waals surface area contributed by atoms with Crippen LogP contribution in [0.1, 0.15) is 120 Å². The fraction of sp³-hybridized carbons (Fsp3) is 0.814. The first-order chi connectivity index (χ1) is 26.4. The lowest BCUT2D eigenvalue weighted by atomic mass is 9.47. The van der Waals surface area contributed by atoms with Crippen molar-refractivity contribution in [3.05, 3.63) is 11.6 Å². The Balaban J connectivity index is 1.23. The SMILES string of the molecule is CC(=O)OC[C@H]1O[C@H](O[C@H]2CC[C@@]3(C)C(=CC[C@H]4[C@@H]5C[C@H](OC(C)=O)[C@H]([C@H](C)C6=NC[C@@H](C)CC6)[C@@]5(C)CC[C@@H]43)C2)[C@H](OC(C)=O)[C@@H](OC(C)=O)[C@@H]1OC(C)=O. The lowest BCUT2D eigenvalue weighted by Gasteiger charge is -2.58. The van der Waals surface area contributed by atoms with E-state index in [1.54, 1.807) is 0 Å². The first-order valence-electron chi connectivity index (χ1n) is 20.8. The molecule has 0 aromatic rings. The van der Waals surface area contributed by atoms with Crippen molar-refractivity contribution in [2.75, 3.05) is 13.2 Å². The number of ether oxygens (including phenoxy) is 7. The van der Waals surface area contributed by atoms with Crippen LogP contribution in [0.4, 0.5) is 0 Å². The molecule has 13 heteroatoms. The first kappa shape index (κ1) is 42.3. The molecular weight excluding hydrogens is 722 g/mol. The van der Waals surface area contributed by atoms with Gasteiger partial charge in [0.25, 0.3) is 0 Å². The molecule has 6 rings (SSSR count). The maximum absolute atomic E-state index is 12.5. The van der Waals surface area contributed by atoms with Gasteiger partial charge >= 0.3 is 29.8 Å². The van der Waals surface area contributed by atoms with Crippen molar-refractivity contribution >= 4 is 35.6 Å². The van der Waals surface area contributed by atoms with Crippen LogP contribution in [0.5, 0.6) is 0 Å². The minimum absolute atomic E-state index is 0.0312. The molecular formula is C43H63NO12. The minimum atomic E-state index is -1.28. The smallest absolute Gasteiger partial charge is 0.303 e. The number of rotatable bonds is 10. The highest BCUT2D eigenvalue weighted by atomic mass is 16.7. The Kier molecular flexibility index (Phi) is 12.7. The summed E-state index contributed by atoms with van der Waals surface area (Å²) in [6.07, 6.45) is 4.33. The van der Waals surface area contributed by atoms with Gasteiger partial charge in [0.05, 0.1) is 6.10 Å². The minimum Gasteiger partial charge on any atom is -0.463 e. The summed E-state index contributed by atoms with van der Waals surface area (Å²) in [5.74, 6) is -0.375. The van der Waals surface area contributed by atoms with Crippen molar-refractivity contribution in [1.82, 2.24) is 0 Å². The van der Waals surface area contributed by atoms with Crippen LogP contribution >= 0.6 is 0 Å². The van der Waals surface area contributed by atoms with Crippen molar-refractivity contribution in [3.63, 3.8) is 0 Å². The van der Waals surface area contributed by atoms with Gasteiger partial charge in [0, 0.05) is 58.7 Å². The average molecular weight is 786 g/mol. The molecule has 0 aromatic carbocycles. The second-order valence-corrected chi connectivity index (χ2v) is 18.0. The molecule has 4 aliphatic carbocycles. The summed E-state index contributed by atoms with van der Waals surface area (Å²) in [4.78, 5) is 66.3. The molecule has 0 bridgehead atoms. The number of fused-ring (bicyclic) bond motifs is 5. The zero-order valence-corrected chi connectivity index (χ0v) is 34.7. The molecule has 3 saturated carbocycles. The van der Waals surface area contributed by atoms with Gasteiger partial charge in [0.2, 0.25) is 0 Å². The monoisotopic (exact) mass is 785 g/mol. The van der Waals surface area contributed by atoms with Gasteiger partial charge in [-0.1, -0.05) is 39.3 Å². The van der Waals surface area contributed by atoms with E-state index in [1.165, 1.54) is 45.9 Å². The maximum Gasteiger partial charge on any atom is 0.303 e. The highest BCUT2D eigenvalue weighted by Gasteiger charge is 2.63. The molecule has 0 amide bonds. The molecule has 6 aliphatic rings. The molecule has 56 heavy (non-hydrogen) atoms. The zero-order chi connectivity index (χ0) is 40.7. The predicted octanol–water partition coefficient (Wildman–Crippen LogP) is 6.08. The summed E-state index contributed by atoms with van der Waals surface area (Å²) in [5.41, 5.74) is 2.62. The van der Waals surface area contributed by atoms with E-state index in [9.17, 15) is 24.0 Å². The number of nitrogens with zero attached hydrogens (tertiary/aromatic N) is 1. The molecule has 13 nitrogen and oxygen atoms in total. The first-order valence-corrected chi connectivity index (χ1v) is 20.8. The van der Waals surface area contributed by atoms with Crippen molar-refractivity contribution in [2.45, 2.75) is 163 Å². The van der Waals surface area contributed by atoms with Crippen LogP contribution in [0.3, 0.4) is 0 Å². The standard InChI is InChI=1S/C43H63NO12/c1-22-10-13-34(44-20-22)23(2)37-35(51-25(4)46)19-33-31-12-11-29-18-30(14-16-42(29,8)32(31)15-17-43(33,37)9)55-41-40(54-28(7)49)39(53-27(6)48)38(52-26(5)47)36(56-41)21-50-24(3)45/h11,22-23,30-33,35-41H,10,12-21H2,1-9H3/t22-,23+,30-,31+,32-,33-,35-,36+,37-,38+,39-,40+,41-,42-,43-/m0/s1. The van der Waals surface area contributed by atoms with Crippen LogP contribution in [-0.4, -0.2) is 91.6 Å². The Morgan fingerprint density at radius 3 is 2.12 bits per heavy atom. The number of aliphatic imine (C=N–C) groups is 1. The van der Waals surface area contributed by atoms with E-state index in [0.29, 0.717) is 36.5 Å². The van der Waals surface area contributed by atoms with Crippen LogP contribution < -0.4 is 0 Å². The summed E-state index contributed by atoms with van der Waals surface area (Å²) in [6.45, 7) is 16.4. The molecule has 2 heterocycles. The highest BCUT2D eigenvalue weighted by Crippen LogP contribution is 2.68. The number of hydrogen-bond donors (Lipinski definition) is 0.